The molecule has 0 fully saturated rings. The van der Waals surface area contributed by atoms with Gasteiger partial charge in [-0.05, 0) is 0 Å². The molecule has 0 atom stereocenters. The SMILES string of the molecule is O=c1c2ccccc2[se]n1-n1[se]c2ccccc2c1=O. The van der Waals surface area contributed by atoms with E-state index in [0.717, 1.165) is 19.3 Å². The second-order valence-corrected chi connectivity index (χ2v) is 8.39. The standard InChI is InChI=1S/C14H8N2O2Se2/c17-13-9-5-1-3-7-11(9)19-15(13)16-14(18)10-6-2-4-8-12(10)20-16/h1-8H. The van der Waals surface area contributed by atoms with Crippen molar-refractivity contribution in [3.05, 3.63) is 69.2 Å². The van der Waals surface area contributed by atoms with Crippen molar-refractivity contribution in [3.63, 3.8) is 0 Å². The fourth-order valence-corrected chi connectivity index (χ4v) is 6.70. The summed E-state index contributed by atoms with van der Waals surface area (Å²) in [6, 6.07) is 15.2. The van der Waals surface area contributed by atoms with E-state index in [1.54, 1.807) is 7.34 Å². The summed E-state index contributed by atoms with van der Waals surface area (Å²) < 4.78 is 5.37. The molecule has 0 bridgehead atoms. The van der Waals surface area contributed by atoms with Gasteiger partial charge in [-0.2, -0.15) is 0 Å². The fraction of sp³-hybridized carbons (Fsp3) is 0. The van der Waals surface area contributed by atoms with E-state index in [-0.39, 0.29) is 40.6 Å². The Balaban J connectivity index is 2.11. The molecule has 4 rings (SSSR count). The molecule has 0 saturated heterocycles. The molecule has 0 saturated carbocycles. The third kappa shape index (κ3) is 1.67. The van der Waals surface area contributed by atoms with E-state index in [1.165, 1.54) is 0 Å². The Morgan fingerprint density at radius 2 is 1.05 bits per heavy atom. The molecule has 2 heterocycles. The van der Waals surface area contributed by atoms with Gasteiger partial charge in [0.2, 0.25) is 0 Å². The number of benzene rings is 2. The van der Waals surface area contributed by atoms with Crippen LogP contribution in [0.4, 0.5) is 0 Å². The van der Waals surface area contributed by atoms with Crippen LogP contribution in [0.5, 0.6) is 0 Å². The van der Waals surface area contributed by atoms with Crippen molar-refractivity contribution >= 4 is 48.8 Å². The van der Waals surface area contributed by atoms with Crippen LogP contribution >= 0.6 is 0 Å². The van der Waals surface area contributed by atoms with E-state index < -0.39 is 0 Å². The summed E-state index contributed by atoms with van der Waals surface area (Å²) in [4.78, 5) is 24.9. The van der Waals surface area contributed by atoms with E-state index in [0.29, 0.717) is 0 Å². The maximum absolute atomic E-state index is 12.4. The maximum atomic E-state index is 12.4. The van der Waals surface area contributed by atoms with E-state index >= 15 is 0 Å². The topological polar surface area (TPSA) is 44.0 Å². The van der Waals surface area contributed by atoms with Gasteiger partial charge in [0.15, 0.2) is 0 Å². The van der Waals surface area contributed by atoms with Crippen LogP contribution in [-0.2, 0) is 0 Å². The summed E-state index contributed by atoms with van der Waals surface area (Å²) in [6.07, 6.45) is 0. The van der Waals surface area contributed by atoms with Crippen LogP contribution in [0, 0.1) is 0 Å². The van der Waals surface area contributed by atoms with Gasteiger partial charge in [0, 0.05) is 0 Å². The van der Waals surface area contributed by atoms with Gasteiger partial charge >= 0.3 is 125 Å². The Morgan fingerprint density at radius 1 is 0.650 bits per heavy atom. The van der Waals surface area contributed by atoms with Crippen LogP contribution in [0.15, 0.2) is 58.1 Å². The van der Waals surface area contributed by atoms with Crippen molar-refractivity contribution in [2.24, 2.45) is 0 Å². The molecule has 4 aromatic rings. The van der Waals surface area contributed by atoms with Crippen LogP contribution in [0.25, 0.3) is 19.3 Å². The molecule has 2 aromatic carbocycles. The first kappa shape index (κ1) is 12.2. The Bertz CT molecular complexity index is 966. The first-order valence-electron chi connectivity index (χ1n) is 5.98. The van der Waals surface area contributed by atoms with Crippen molar-refractivity contribution < 1.29 is 0 Å². The van der Waals surface area contributed by atoms with Crippen molar-refractivity contribution in [1.82, 2.24) is 7.34 Å². The van der Waals surface area contributed by atoms with Gasteiger partial charge in [0.25, 0.3) is 0 Å². The summed E-state index contributed by atoms with van der Waals surface area (Å²) in [5.41, 5.74) is -0.104. The zero-order chi connectivity index (χ0) is 13.7. The van der Waals surface area contributed by atoms with Gasteiger partial charge in [-0.1, -0.05) is 0 Å². The first-order valence-corrected chi connectivity index (χ1v) is 9.23. The van der Waals surface area contributed by atoms with Gasteiger partial charge in [-0.25, -0.2) is 0 Å². The summed E-state index contributed by atoms with van der Waals surface area (Å²) in [5, 5.41) is 1.46. The molecule has 98 valence electrons. The predicted molar refractivity (Wildman–Crippen MR) is 81.1 cm³/mol. The van der Waals surface area contributed by atoms with Crippen LogP contribution in [-0.4, -0.2) is 36.8 Å². The zero-order valence-electron chi connectivity index (χ0n) is 10.1. The van der Waals surface area contributed by atoms with Crippen LogP contribution in [0.2, 0.25) is 0 Å². The van der Waals surface area contributed by atoms with Gasteiger partial charge in [-0.3, -0.25) is 0 Å². The monoisotopic (exact) mass is 396 g/mol. The molecule has 0 amide bonds. The third-order valence-electron chi connectivity index (χ3n) is 3.12. The minimum atomic E-state index is -0.146. The van der Waals surface area contributed by atoms with E-state index in [9.17, 15) is 9.59 Å². The van der Waals surface area contributed by atoms with Gasteiger partial charge in [0.1, 0.15) is 0 Å². The quantitative estimate of drug-likeness (QED) is 0.448. The van der Waals surface area contributed by atoms with Gasteiger partial charge in [-0.15, -0.1) is 0 Å². The molecule has 2 aromatic heterocycles. The fourth-order valence-electron chi connectivity index (χ4n) is 2.16. The number of nitrogens with zero attached hydrogens (tertiary/aromatic N) is 2. The summed E-state index contributed by atoms with van der Waals surface area (Å²) in [6.45, 7) is 0. The normalized spacial score (nSPS) is 11.4. The van der Waals surface area contributed by atoms with E-state index in [4.69, 9.17) is 0 Å². The summed E-state index contributed by atoms with van der Waals surface area (Å²) in [7, 11) is 0. The second kappa shape index (κ2) is 4.47. The Hall–Kier alpha value is -1.58. The molecule has 0 aliphatic carbocycles. The number of hydrogen-bond acceptors (Lipinski definition) is 2. The molecule has 0 radical (unpaired) electrons. The van der Waals surface area contributed by atoms with Crippen molar-refractivity contribution in [2.75, 3.05) is 0 Å². The second-order valence-electron chi connectivity index (χ2n) is 4.33. The average Bonchev–Trinajstić information content (AvgIpc) is 2.98. The van der Waals surface area contributed by atoms with Crippen LogP contribution < -0.4 is 11.1 Å². The summed E-state index contributed by atoms with van der Waals surface area (Å²) in [5.74, 6) is 0. The third-order valence-corrected chi connectivity index (χ3v) is 8.07. The molecule has 0 aliphatic rings. The van der Waals surface area contributed by atoms with Gasteiger partial charge < -0.3 is 0 Å². The molecular formula is C14H8N2O2Se2. The Kier molecular flexibility index (Phi) is 2.72. The average molecular weight is 394 g/mol. The van der Waals surface area contributed by atoms with E-state index in [1.807, 2.05) is 48.5 Å². The minimum absolute atomic E-state index is 0.0522. The van der Waals surface area contributed by atoms with Crippen LogP contribution in [0.3, 0.4) is 0 Å². The molecule has 4 nitrogen and oxygen atoms in total. The molecular weight excluding hydrogens is 386 g/mol. The van der Waals surface area contributed by atoms with E-state index in [2.05, 4.69) is 0 Å². The molecule has 0 spiro atoms. The first-order chi connectivity index (χ1) is 9.75. The Labute approximate surface area is 125 Å². The Morgan fingerprint density at radius 3 is 1.45 bits per heavy atom. The van der Waals surface area contributed by atoms with Crippen LogP contribution in [0.1, 0.15) is 0 Å². The molecule has 20 heavy (non-hydrogen) atoms. The zero-order valence-corrected chi connectivity index (χ0v) is 13.6. The molecule has 0 N–H and O–H groups in total. The molecule has 6 heteroatoms. The molecule has 0 unspecified atom stereocenters. The van der Waals surface area contributed by atoms with Gasteiger partial charge in [0.05, 0.1) is 0 Å². The molecule has 0 aliphatic heterocycles. The number of hydrogen-bond donors (Lipinski definition) is 0. The van der Waals surface area contributed by atoms with Crippen molar-refractivity contribution in [1.29, 1.82) is 0 Å². The summed E-state index contributed by atoms with van der Waals surface area (Å²) >= 11 is -0.291. The number of aromatic nitrogens is 2. The predicted octanol–water partition coefficient (Wildman–Crippen LogP) is 0.742. The van der Waals surface area contributed by atoms with Crippen molar-refractivity contribution in [3.8, 4) is 0 Å². The number of rotatable bonds is 1. The van der Waals surface area contributed by atoms with Crippen molar-refractivity contribution in [2.45, 2.75) is 0 Å². The number of fused-ring (bicyclic) bond motifs is 2.